The van der Waals surface area contributed by atoms with E-state index < -0.39 is 5.97 Å². The summed E-state index contributed by atoms with van der Waals surface area (Å²) >= 11 is 0. The van der Waals surface area contributed by atoms with Gasteiger partial charge in [-0.1, -0.05) is 34.6 Å². The molecule has 1 fully saturated rings. The number of nitrogens with one attached hydrogen (secondary N) is 2. The van der Waals surface area contributed by atoms with Crippen LogP contribution >= 0.6 is 0 Å². The van der Waals surface area contributed by atoms with Crippen LogP contribution < -0.4 is 10.6 Å². The van der Waals surface area contributed by atoms with E-state index >= 15 is 0 Å². The molecule has 1 aliphatic carbocycles. The highest BCUT2D eigenvalue weighted by Gasteiger charge is 2.64. The van der Waals surface area contributed by atoms with Gasteiger partial charge in [-0.25, -0.2) is 4.79 Å². The van der Waals surface area contributed by atoms with E-state index in [1.165, 1.54) is 0 Å². The number of urea groups is 1. The number of carbonyl (C=O) groups is 2. The van der Waals surface area contributed by atoms with E-state index in [1.807, 2.05) is 6.92 Å². The third-order valence-electron chi connectivity index (χ3n) is 5.56. The van der Waals surface area contributed by atoms with Crippen molar-refractivity contribution in [3.63, 3.8) is 0 Å². The molecule has 122 valence electrons. The smallest absolute Gasteiger partial charge is 0.314 e. The summed E-state index contributed by atoms with van der Waals surface area (Å²) in [5.74, 6) is 0.0650. The first-order chi connectivity index (χ1) is 9.59. The van der Waals surface area contributed by atoms with Crippen LogP contribution in [-0.2, 0) is 4.79 Å². The molecule has 5 heteroatoms. The van der Waals surface area contributed by atoms with Crippen LogP contribution in [0.5, 0.6) is 0 Å². The molecule has 0 aromatic carbocycles. The van der Waals surface area contributed by atoms with E-state index in [9.17, 15) is 9.59 Å². The van der Waals surface area contributed by atoms with Gasteiger partial charge in [-0.15, -0.1) is 0 Å². The fourth-order valence-electron chi connectivity index (χ4n) is 3.05. The summed E-state index contributed by atoms with van der Waals surface area (Å²) in [6.07, 6.45) is 1.66. The third-order valence-corrected chi connectivity index (χ3v) is 5.56. The fourth-order valence-corrected chi connectivity index (χ4v) is 3.05. The van der Waals surface area contributed by atoms with E-state index in [0.29, 0.717) is 31.3 Å². The van der Waals surface area contributed by atoms with Crippen LogP contribution in [0, 0.1) is 22.7 Å². The van der Waals surface area contributed by atoms with Crippen LogP contribution in [-0.4, -0.2) is 30.2 Å². The highest BCUT2D eigenvalue weighted by molar-refractivity contribution is 5.73. The Morgan fingerprint density at radius 3 is 2.14 bits per heavy atom. The third kappa shape index (κ3) is 4.61. The minimum atomic E-state index is -0.762. The Hall–Kier alpha value is -1.26. The standard InChI is InChI=1S/C16H30N2O3/c1-11(6-7-13(19)20)8-9-17-14(21)18-10-12-15(2,3)16(12,4)5/h11-12H,6-10H2,1-5H3,(H,19,20)(H2,17,18,21). The number of carboxylic acids is 1. The molecule has 0 heterocycles. The molecule has 0 spiro atoms. The first-order valence-electron chi connectivity index (χ1n) is 7.82. The molecule has 1 atom stereocenters. The van der Waals surface area contributed by atoms with Crippen molar-refractivity contribution in [2.75, 3.05) is 13.1 Å². The Morgan fingerprint density at radius 1 is 1.10 bits per heavy atom. The maximum absolute atomic E-state index is 11.7. The molecule has 2 amide bonds. The molecule has 1 unspecified atom stereocenters. The van der Waals surface area contributed by atoms with Gasteiger partial charge in [0.25, 0.3) is 0 Å². The molecule has 0 saturated heterocycles. The van der Waals surface area contributed by atoms with Crippen LogP contribution in [0.3, 0.4) is 0 Å². The molecule has 1 saturated carbocycles. The molecule has 0 aliphatic heterocycles. The maximum Gasteiger partial charge on any atom is 0.314 e. The number of carboxylic acid groups (broad SMARTS) is 1. The second-order valence-electron chi connectivity index (χ2n) is 7.46. The quantitative estimate of drug-likeness (QED) is 0.644. The van der Waals surface area contributed by atoms with E-state index in [4.69, 9.17) is 5.11 Å². The van der Waals surface area contributed by atoms with E-state index in [-0.39, 0.29) is 23.3 Å². The van der Waals surface area contributed by atoms with Gasteiger partial charge in [0.05, 0.1) is 0 Å². The molecule has 5 nitrogen and oxygen atoms in total. The number of amides is 2. The average Bonchev–Trinajstić information content (AvgIpc) is 2.74. The van der Waals surface area contributed by atoms with Crippen LogP contribution in [0.1, 0.15) is 53.9 Å². The second kappa shape index (κ2) is 6.67. The first-order valence-corrected chi connectivity index (χ1v) is 7.82. The van der Waals surface area contributed by atoms with Crippen molar-refractivity contribution in [1.82, 2.24) is 10.6 Å². The molecular formula is C16H30N2O3. The normalized spacial score (nSPS) is 20.6. The summed E-state index contributed by atoms with van der Waals surface area (Å²) < 4.78 is 0. The summed E-state index contributed by atoms with van der Waals surface area (Å²) in [5, 5.41) is 14.4. The van der Waals surface area contributed by atoms with Crippen molar-refractivity contribution in [1.29, 1.82) is 0 Å². The highest BCUT2D eigenvalue weighted by Crippen LogP contribution is 2.67. The van der Waals surface area contributed by atoms with Gasteiger partial charge in [-0.05, 0) is 35.5 Å². The predicted molar refractivity (Wildman–Crippen MR) is 83.1 cm³/mol. The summed E-state index contributed by atoms with van der Waals surface area (Å²) in [6, 6.07) is -0.126. The SMILES string of the molecule is CC(CCNC(=O)NCC1C(C)(C)C1(C)C)CCC(=O)O. The number of hydrogen-bond donors (Lipinski definition) is 3. The van der Waals surface area contributed by atoms with Crippen molar-refractivity contribution in [3.8, 4) is 0 Å². The second-order valence-corrected chi connectivity index (χ2v) is 7.46. The van der Waals surface area contributed by atoms with Crippen molar-refractivity contribution >= 4 is 12.0 Å². The monoisotopic (exact) mass is 298 g/mol. The fraction of sp³-hybridized carbons (Fsp3) is 0.875. The molecule has 1 rings (SSSR count). The number of hydrogen-bond acceptors (Lipinski definition) is 2. The Kier molecular flexibility index (Phi) is 5.65. The predicted octanol–water partition coefficient (Wildman–Crippen LogP) is 2.86. The highest BCUT2D eigenvalue weighted by atomic mass is 16.4. The molecule has 1 aliphatic rings. The summed E-state index contributed by atoms with van der Waals surface area (Å²) in [6.45, 7) is 12.3. The van der Waals surface area contributed by atoms with Gasteiger partial charge < -0.3 is 15.7 Å². The molecule has 0 aromatic rings. The van der Waals surface area contributed by atoms with Gasteiger partial charge in [-0.2, -0.15) is 0 Å². The van der Waals surface area contributed by atoms with Gasteiger partial charge in [0.15, 0.2) is 0 Å². The van der Waals surface area contributed by atoms with E-state index in [2.05, 4.69) is 38.3 Å². The molecule has 21 heavy (non-hydrogen) atoms. The van der Waals surface area contributed by atoms with E-state index in [1.54, 1.807) is 0 Å². The van der Waals surface area contributed by atoms with Gasteiger partial charge in [0.1, 0.15) is 0 Å². The van der Waals surface area contributed by atoms with Gasteiger partial charge in [-0.3, -0.25) is 4.79 Å². The lowest BCUT2D eigenvalue weighted by molar-refractivity contribution is -0.137. The maximum atomic E-state index is 11.7. The molecule has 0 radical (unpaired) electrons. The minimum Gasteiger partial charge on any atom is -0.481 e. The number of carbonyl (C=O) groups excluding carboxylic acids is 1. The van der Waals surface area contributed by atoms with Crippen molar-refractivity contribution in [3.05, 3.63) is 0 Å². The van der Waals surface area contributed by atoms with Crippen LogP contribution in [0.25, 0.3) is 0 Å². The van der Waals surface area contributed by atoms with Gasteiger partial charge >= 0.3 is 12.0 Å². The zero-order valence-electron chi connectivity index (χ0n) is 14.0. The first kappa shape index (κ1) is 17.8. The van der Waals surface area contributed by atoms with Gasteiger partial charge in [0.2, 0.25) is 0 Å². The largest absolute Gasteiger partial charge is 0.481 e. The van der Waals surface area contributed by atoms with Crippen molar-refractivity contribution in [2.24, 2.45) is 22.7 Å². The Labute approximate surface area is 127 Å². The topological polar surface area (TPSA) is 78.4 Å². The lowest BCUT2D eigenvalue weighted by Crippen LogP contribution is -2.38. The lowest BCUT2D eigenvalue weighted by Gasteiger charge is -2.12. The zero-order valence-corrected chi connectivity index (χ0v) is 14.0. The van der Waals surface area contributed by atoms with Gasteiger partial charge in [0, 0.05) is 19.5 Å². The minimum absolute atomic E-state index is 0.126. The Bertz CT molecular complexity index is 377. The molecular weight excluding hydrogens is 268 g/mol. The number of aliphatic carboxylic acids is 1. The summed E-state index contributed by atoms with van der Waals surface area (Å²) in [5.41, 5.74) is 0.567. The van der Waals surface area contributed by atoms with Crippen molar-refractivity contribution < 1.29 is 14.7 Å². The lowest BCUT2D eigenvalue weighted by atomic mass is 10.0. The Morgan fingerprint density at radius 2 is 1.67 bits per heavy atom. The molecule has 0 aromatic heterocycles. The average molecular weight is 298 g/mol. The van der Waals surface area contributed by atoms with Crippen LogP contribution in [0.15, 0.2) is 0 Å². The molecule has 0 bridgehead atoms. The van der Waals surface area contributed by atoms with E-state index in [0.717, 1.165) is 6.42 Å². The van der Waals surface area contributed by atoms with Crippen LogP contribution in [0.2, 0.25) is 0 Å². The van der Waals surface area contributed by atoms with Crippen LogP contribution in [0.4, 0.5) is 4.79 Å². The van der Waals surface area contributed by atoms with Crippen molar-refractivity contribution in [2.45, 2.75) is 53.9 Å². The Balaban J connectivity index is 2.11. The molecule has 3 N–H and O–H groups in total. The zero-order chi connectivity index (χ0) is 16.3. The summed E-state index contributed by atoms with van der Waals surface area (Å²) in [7, 11) is 0. The number of rotatable bonds is 8. The summed E-state index contributed by atoms with van der Waals surface area (Å²) in [4.78, 5) is 22.2.